The van der Waals surface area contributed by atoms with Gasteiger partial charge in [-0.3, -0.25) is 10.1 Å². The van der Waals surface area contributed by atoms with E-state index in [2.05, 4.69) is 16.0 Å². The van der Waals surface area contributed by atoms with E-state index in [0.717, 1.165) is 12.0 Å². The molecule has 2 fully saturated rings. The van der Waals surface area contributed by atoms with E-state index >= 15 is 0 Å². The molecule has 168 valence electrons. The van der Waals surface area contributed by atoms with E-state index in [0.29, 0.717) is 68.9 Å². The van der Waals surface area contributed by atoms with E-state index in [1.54, 1.807) is 0 Å². The van der Waals surface area contributed by atoms with Crippen LogP contribution in [-0.4, -0.2) is 60.1 Å². The van der Waals surface area contributed by atoms with E-state index in [-0.39, 0.29) is 10.6 Å². The molecule has 5 rings (SSSR count). The Balaban J connectivity index is 1.37. The maximum atomic E-state index is 12.1. The smallest absolute Gasteiger partial charge is 0.350 e. The molecule has 0 aliphatic carbocycles. The summed E-state index contributed by atoms with van der Waals surface area (Å²) in [6.45, 7) is 3.53. The van der Waals surface area contributed by atoms with Crippen molar-refractivity contribution in [3.63, 3.8) is 0 Å². The molecule has 1 spiro atoms. The second-order valence-corrected chi connectivity index (χ2v) is 8.59. The first-order valence-corrected chi connectivity index (χ1v) is 11.1. The number of benzene rings is 1. The minimum Gasteiger partial charge on any atom is -0.350 e. The van der Waals surface area contributed by atoms with Crippen molar-refractivity contribution in [1.29, 1.82) is 0 Å². The molecule has 1 aromatic heterocycles. The molecule has 4 heterocycles. The Labute approximate surface area is 190 Å². The van der Waals surface area contributed by atoms with Gasteiger partial charge < -0.3 is 19.3 Å². The van der Waals surface area contributed by atoms with Crippen molar-refractivity contribution < 1.29 is 14.4 Å². The zero-order valence-electron chi connectivity index (χ0n) is 17.6. The number of nitrogens with zero attached hydrogens (tertiary/aromatic N) is 5. The van der Waals surface area contributed by atoms with Crippen LogP contribution in [-0.2, 0) is 9.47 Å². The average molecular weight is 458 g/mol. The molecule has 32 heavy (non-hydrogen) atoms. The van der Waals surface area contributed by atoms with Gasteiger partial charge in [0.05, 0.1) is 18.1 Å². The standard InChI is InChI=1S/C22H24ClN5O4/c23-18-3-1-16(2-4-18)17-5-9-26(10-6-17)20-19(28(29)30)21(25-15-24-20)27-11-7-22(8-12-27)31-13-14-32-22/h1-5,15H,6-14H2. The summed E-state index contributed by atoms with van der Waals surface area (Å²) in [5.74, 6) is 0.178. The first-order chi connectivity index (χ1) is 15.5. The molecular formula is C22H24ClN5O4. The number of nitro groups is 1. The van der Waals surface area contributed by atoms with Gasteiger partial charge in [-0.2, -0.15) is 0 Å². The van der Waals surface area contributed by atoms with Gasteiger partial charge in [-0.1, -0.05) is 29.8 Å². The van der Waals surface area contributed by atoms with E-state index in [9.17, 15) is 10.1 Å². The summed E-state index contributed by atoms with van der Waals surface area (Å²) in [4.78, 5) is 24.2. The van der Waals surface area contributed by atoms with Gasteiger partial charge in [0.15, 0.2) is 5.79 Å². The fraction of sp³-hybridized carbons (Fsp3) is 0.455. The number of piperidine rings is 1. The summed E-state index contributed by atoms with van der Waals surface area (Å²) < 4.78 is 11.6. The number of hydrogen-bond acceptors (Lipinski definition) is 8. The minimum atomic E-state index is -0.545. The second kappa shape index (κ2) is 8.65. The Bertz CT molecular complexity index is 1030. The highest BCUT2D eigenvalue weighted by Crippen LogP contribution is 2.39. The van der Waals surface area contributed by atoms with Gasteiger partial charge >= 0.3 is 5.69 Å². The van der Waals surface area contributed by atoms with Crippen LogP contribution in [0, 0.1) is 10.1 Å². The molecule has 9 nitrogen and oxygen atoms in total. The quantitative estimate of drug-likeness (QED) is 0.507. The first kappa shape index (κ1) is 21.1. The van der Waals surface area contributed by atoms with Crippen molar-refractivity contribution in [3.05, 3.63) is 57.4 Å². The van der Waals surface area contributed by atoms with Crippen molar-refractivity contribution in [2.75, 3.05) is 49.2 Å². The van der Waals surface area contributed by atoms with Crippen LogP contribution in [0.4, 0.5) is 17.3 Å². The molecule has 3 aliphatic heterocycles. The third-order valence-electron chi connectivity index (χ3n) is 6.33. The summed E-state index contributed by atoms with van der Waals surface area (Å²) in [6.07, 6.45) is 5.58. The SMILES string of the molecule is O=[N+]([O-])c1c(N2CC=C(c3ccc(Cl)cc3)CC2)ncnc1N1CCC2(CC1)OCCO2. The lowest BCUT2D eigenvalue weighted by atomic mass is 9.99. The lowest BCUT2D eigenvalue weighted by Crippen LogP contribution is -2.45. The molecule has 3 aliphatic rings. The number of ether oxygens (including phenoxy) is 2. The van der Waals surface area contributed by atoms with Crippen molar-refractivity contribution in [2.24, 2.45) is 0 Å². The zero-order valence-corrected chi connectivity index (χ0v) is 18.3. The predicted molar refractivity (Wildman–Crippen MR) is 121 cm³/mol. The molecule has 0 amide bonds. The topological polar surface area (TPSA) is 93.9 Å². The average Bonchev–Trinajstić information content (AvgIpc) is 3.27. The van der Waals surface area contributed by atoms with E-state index in [4.69, 9.17) is 21.1 Å². The lowest BCUT2D eigenvalue weighted by Gasteiger charge is -2.38. The van der Waals surface area contributed by atoms with Crippen molar-refractivity contribution in [2.45, 2.75) is 25.0 Å². The third kappa shape index (κ3) is 4.03. The number of rotatable bonds is 4. The maximum Gasteiger partial charge on any atom is 0.353 e. The van der Waals surface area contributed by atoms with Gasteiger partial charge in [0.1, 0.15) is 6.33 Å². The molecule has 0 N–H and O–H groups in total. The van der Waals surface area contributed by atoms with Gasteiger partial charge in [-0.15, -0.1) is 0 Å². The number of anilines is 2. The van der Waals surface area contributed by atoms with Crippen LogP contribution in [0.3, 0.4) is 0 Å². The summed E-state index contributed by atoms with van der Waals surface area (Å²) in [5.41, 5.74) is 2.28. The van der Waals surface area contributed by atoms with Crippen molar-refractivity contribution in [3.8, 4) is 0 Å². The molecule has 1 aromatic carbocycles. The molecule has 2 saturated heterocycles. The lowest BCUT2D eigenvalue weighted by molar-refractivity contribution is -0.383. The Morgan fingerprint density at radius 3 is 2.25 bits per heavy atom. The van der Waals surface area contributed by atoms with Crippen LogP contribution in [0.25, 0.3) is 5.57 Å². The largest absolute Gasteiger partial charge is 0.353 e. The summed E-state index contributed by atoms with van der Waals surface area (Å²) in [6, 6.07) is 7.73. The number of halogens is 1. The summed E-state index contributed by atoms with van der Waals surface area (Å²) in [5, 5.41) is 12.8. The molecule has 0 atom stereocenters. The van der Waals surface area contributed by atoms with Crippen LogP contribution in [0.5, 0.6) is 0 Å². The second-order valence-electron chi connectivity index (χ2n) is 8.15. The Kier molecular flexibility index (Phi) is 5.71. The molecule has 2 aromatic rings. The summed E-state index contributed by atoms with van der Waals surface area (Å²) >= 11 is 5.99. The van der Waals surface area contributed by atoms with Crippen LogP contribution < -0.4 is 9.80 Å². The first-order valence-electron chi connectivity index (χ1n) is 10.8. The van der Waals surface area contributed by atoms with Crippen LogP contribution in [0.1, 0.15) is 24.8 Å². The predicted octanol–water partition coefficient (Wildman–Crippen LogP) is 3.68. The Morgan fingerprint density at radius 2 is 1.66 bits per heavy atom. The van der Waals surface area contributed by atoms with Crippen LogP contribution in [0.2, 0.25) is 5.02 Å². The van der Waals surface area contributed by atoms with Gasteiger partial charge in [0.25, 0.3) is 0 Å². The van der Waals surface area contributed by atoms with E-state index in [1.807, 2.05) is 34.1 Å². The third-order valence-corrected chi connectivity index (χ3v) is 6.58. The van der Waals surface area contributed by atoms with E-state index < -0.39 is 5.79 Å². The van der Waals surface area contributed by atoms with Crippen molar-refractivity contribution >= 4 is 34.5 Å². The maximum absolute atomic E-state index is 12.1. The molecule has 0 radical (unpaired) electrons. The van der Waals surface area contributed by atoms with Gasteiger partial charge in [0.2, 0.25) is 11.6 Å². The number of hydrogen-bond donors (Lipinski definition) is 0. The summed E-state index contributed by atoms with van der Waals surface area (Å²) in [7, 11) is 0. The van der Waals surface area contributed by atoms with Crippen LogP contribution in [0.15, 0.2) is 36.7 Å². The highest BCUT2D eigenvalue weighted by molar-refractivity contribution is 6.30. The molecule has 0 unspecified atom stereocenters. The van der Waals surface area contributed by atoms with Gasteiger partial charge in [-0.25, -0.2) is 9.97 Å². The van der Waals surface area contributed by atoms with Crippen molar-refractivity contribution in [1.82, 2.24) is 9.97 Å². The highest BCUT2D eigenvalue weighted by Gasteiger charge is 2.42. The van der Waals surface area contributed by atoms with Gasteiger partial charge in [0, 0.05) is 44.0 Å². The van der Waals surface area contributed by atoms with Crippen LogP contribution >= 0.6 is 11.6 Å². The monoisotopic (exact) mass is 457 g/mol. The Morgan fingerprint density at radius 1 is 1.00 bits per heavy atom. The van der Waals surface area contributed by atoms with Gasteiger partial charge in [-0.05, 0) is 29.7 Å². The molecule has 0 bridgehead atoms. The Hall–Kier alpha value is -2.75. The fourth-order valence-corrected chi connectivity index (χ4v) is 4.75. The fourth-order valence-electron chi connectivity index (χ4n) is 4.62. The number of aromatic nitrogens is 2. The molecule has 10 heteroatoms. The minimum absolute atomic E-state index is 0.0416. The zero-order chi connectivity index (χ0) is 22.1. The normalized spacial score (nSPS) is 20.5. The molecule has 0 saturated carbocycles. The molecular weight excluding hydrogens is 434 g/mol. The van der Waals surface area contributed by atoms with E-state index in [1.165, 1.54) is 11.9 Å². The highest BCUT2D eigenvalue weighted by atomic mass is 35.5.